The first-order valence-corrected chi connectivity index (χ1v) is 10.3. The van der Waals surface area contributed by atoms with E-state index in [2.05, 4.69) is 52.6 Å². The van der Waals surface area contributed by atoms with Gasteiger partial charge in [-0.05, 0) is 42.6 Å². The Labute approximate surface area is 196 Å². The number of halogens is 4. The van der Waals surface area contributed by atoms with Gasteiger partial charge in [0.25, 0.3) is 0 Å². The van der Waals surface area contributed by atoms with Crippen molar-refractivity contribution in [3.05, 3.63) is 122 Å². The van der Waals surface area contributed by atoms with Crippen molar-refractivity contribution in [2.75, 3.05) is 6.61 Å². The zero-order valence-electron chi connectivity index (χ0n) is 20.3. The van der Waals surface area contributed by atoms with Crippen molar-refractivity contribution in [3.8, 4) is 0 Å². The van der Waals surface area contributed by atoms with Crippen LogP contribution in [0.3, 0.4) is 0 Å². The van der Waals surface area contributed by atoms with Gasteiger partial charge in [-0.3, -0.25) is 0 Å². The maximum Gasteiger partial charge on any atom is 0.166 e. The molecule has 0 heterocycles. The summed E-state index contributed by atoms with van der Waals surface area (Å²) in [5.74, 6) is -5.13. The lowest BCUT2D eigenvalue weighted by Crippen LogP contribution is -2.15. The Bertz CT molecular complexity index is 884. The highest BCUT2D eigenvalue weighted by atomic mass is 19.2. The molecule has 0 saturated carbocycles. The largest absolute Gasteiger partial charge is 0.378 e. The Hall–Kier alpha value is -2.92. The van der Waals surface area contributed by atoms with E-state index in [0.29, 0.717) is 0 Å². The second-order valence-electron chi connectivity index (χ2n) is 7.36. The van der Waals surface area contributed by atoms with Crippen LogP contribution in [-0.2, 0) is 4.74 Å². The van der Waals surface area contributed by atoms with Crippen molar-refractivity contribution in [2.45, 2.75) is 40.2 Å². The van der Waals surface area contributed by atoms with Gasteiger partial charge in [-0.1, -0.05) is 65.5 Å². The maximum atomic E-state index is 14.6. The Morgan fingerprint density at radius 2 is 1.15 bits per heavy atom. The Kier molecular flexibility index (Phi) is 15.5. The Morgan fingerprint density at radius 1 is 0.758 bits per heavy atom. The fourth-order valence-corrected chi connectivity index (χ4v) is 2.02. The fraction of sp³-hybridized carbons (Fsp3) is 0.286. The van der Waals surface area contributed by atoms with Gasteiger partial charge in [0.05, 0.1) is 12.7 Å². The van der Waals surface area contributed by atoms with Crippen molar-refractivity contribution < 1.29 is 22.3 Å². The molecule has 0 aromatic rings. The summed E-state index contributed by atoms with van der Waals surface area (Å²) in [4.78, 5) is 0. The SMILES string of the molecule is C=C.C=C(/C=C\C(=C)C(=C)/C(F)=C(/F)C(=C)C(C)COC(C)CC)C(=C)/C(F)=C(/F)C(=C)C. The second kappa shape index (κ2) is 15.8. The van der Waals surface area contributed by atoms with E-state index >= 15 is 0 Å². The third kappa shape index (κ3) is 10.5. The van der Waals surface area contributed by atoms with Crippen molar-refractivity contribution in [2.24, 2.45) is 5.92 Å². The van der Waals surface area contributed by atoms with E-state index in [1.54, 1.807) is 6.92 Å². The van der Waals surface area contributed by atoms with Crippen LogP contribution in [0.1, 0.15) is 34.1 Å². The van der Waals surface area contributed by atoms with Crippen LogP contribution in [0.15, 0.2) is 122 Å². The van der Waals surface area contributed by atoms with Crippen LogP contribution in [-0.4, -0.2) is 12.7 Å². The lowest BCUT2D eigenvalue weighted by atomic mass is 9.98. The average Bonchev–Trinajstić information content (AvgIpc) is 2.82. The summed E-state index contributed by atoms with van der Waals surface area (Å²) in [6, 6.07) is 0. The fourth-order valence-electron chi connectivity index (χ4n) is 2.02. The molecule has 0 amide bonds. The van der Waals surface area contributed by atoms with Crippen LogP contribution in [0.5, 0.6) is 0 Å². The normalized spacial score (nSPS) is 14.2. The molecule has 0 rings (SSSR count). The third-order valence-electron chi connectivity index (χ3n) is 4.63. The van der Waals surface area contributed by atoms with Crippen LogP contribution in [0.2, 0.25) is 0 Å². The summed E-state index contributed by atoms with van der Waals surface area (Å²) in [5.41, 5.74) is -0.733. The molecule has 2 atom stereocenters. The highest BCUT2D eigenvalue weighted by Crippen LogP contribution is 2.31. The lowest BCUT2D eigenvalue weighted by molar-refractivity contribution is 0.0486. The molecule has 5 heteroatoms. The molecule has 182 valence electrons. The van der Waals surface area contributed by atoms with Crippen molar-refractivity contribution in [1.82, 2.24) is 0 Å². The van der Waals surface area contributed by atoms with Crippen molar-refractivity contribution in [1.29, 1.82) is 0 Å². The van der Waals surface area contributed by atoms with Crippen LogP contribution in [0.4, 0.5) is 17.6 Å². The van der Waals surface area contributed by atoms with E-state index < -0.39 is 29.2 Å². The average molecular weight is 465 g/mol. The molecule has 0 N–H and O–H groups in total. The van der Waals surface area contributed by atoms with Crippen LogP contribution >= 0.6 is 0 Å². The molecule has 0 saturated heterocycles. The summed E-state index contributed by atoms with van der Waals surface area (Å²) in [6.45, 7) is 34.1. The van der Waals surface area contributed by atoms with E-state index in [4.69, 9.17) is 4.74 Å². The van der Waals surface area contributed by atoms with Gasteiger partial charge in [0.1, 0.15) is 0 Å². The predicted octanol–water partition coefficient (Wildman–Crippen LogP) is 9.45. The van der Waals surface area contributed by atoms with E-state index in [9.17, 15) is 17.6 Å². The number of allylic oxidation sites excluding steroid dienone is 11. The monoisotopic (exact) mass is 464 g/mol. The quantitative estimate of drug-likeness (QED) is 0.150. The molecule has 0 fully saturated rings. The summed E-state index contributed by atoms with van der Waals surface area (Å²) < 4.78 is 62.3. The van der Waals surface area contributed by atoms with Gasteiger partial charge in [0, 0.05) is 17.1 Å². The highest BCUT2D eigenvalue weighted by molar-refractivity contribution is 5.54. The third-order valence-corrected chi connectivity index (χ3v) is 4.63. The molecule has 0 aliphatic carbocycles. The van der Waals surface area contributed by atoms with Gasteiger partial charge in [-0.25, -0.2) is 17.6 Å². The molecule has 0 aromatic heterocycles. The highest BCUT2D eigenvalue weighted by Gasteiger charge is 2.19. The molecule has 1 nitrogen and oxygen atoms in total. The van der Waals surface area contributed by atoms with Crippen LogP contribution in [0, 0.1) is 5.92 Å². The second-order valence-corrected chi connectivity index (χ2v) is 7.36. The van der Waals surface area contributed by atoms with Gasteiger partial charge in [-0.2, -0.15) is 0 Å². The summed E-state index contributed by atoms with van der Waals surface area (Å²) in [6.07, 6.45) is 3.31. The first kappa shape index (κ1) is 32.3. The summed E-state index contributed by atoms with van der Waals surface area (Å²) in [5, 5.41) is 0. The van der Waals surface area contributed by atoms with E-state index in [1.807, 2.05) is 13.8 Å². The van der Waals surface area contributed by atoms with Crippen LogP contribution < -0.4 is 0 Å². The van der Waals surface area contributed by atoms with Crippen LogP contribution in [0.25, 0.3) is 0 Å². The van der Waals surface area contributed by atoms with E-state index in [0.717, 1.165) is 6.42 Å². The molecular weight excluding hydrogens is 428 g/mol. The lowest BCUT2D eigenvalue weighted by Gasteiger charge is -2.17. The summed E-state index contributed by atoms with van der Waals surface area (Å²) >= 11 is 0. The van der Waals surface area contributed by atoms with E-state index in [-0.39, 0.29) is 46.1 Å². The number of hydrogen-bond acceptors (Lipinski definition) is 1. The van der Waals surface area contributed by atoms with Gasteiger partial charge < -0.3 is 4.74 Å². The number of hydrogen-bond donors (Lipinski definition) is 0. The molecule has 0 radical (unpaired) electrons. The zero-order valence-corrected chi connectivity index (χ0v) is 20.3. The topological polar surface area (TPSA) is 9.23 Å². The number of rotatable bonds is 13. The minimum atomic E-state index is -1.21. The zero-order chi connectivity index (χ0) is 26.5. The molecule has 0 bridgehead atoms. The Morgan fingerprint density at radius 3 is 1.52 bits per heavy atom. The minimum absolute atomic E-state index is 0.00146. The van der Waals surface area contributed by atoms with Gasteiger partial charge in [0.2, 0.25) is 0 Å². The van der Waals surface area contributed by atoms with E-state index in [1.165, 1.54) is 19.1 Å². The van der Waals surface area contributed by atoms with Gasteiger partial charge in [-0.15, -0.1) is 13.2 Å². The first-order chi connectivity index (χ1) is 15.3. The maximum absolute atomic E-state index is 14.6. The molecule has 0 aliphatic heterocycles. The smallest absolute Gasteiger partial charge is 0.166 e. The molecule has 33 heavy (non-hydrogen) atoms. The van der Waals surface area contributed by atoms with Crippen molar-refractivity contribution in [3.63, 3.8) is 0 Å². The molecule has 2 unspecified atom stereocenters. The summed E-state index contributed by atoms with van der Waals surface area (Å²) in [7, 11) is 0. The number of ether oxygens (including phenoxy) is 1. The first-order valence-electron chi connectivity index (χ1n) is 10.3. The standard InChI is InChI=1S/C26H32F4O.C2H4/c1-11-19(7)31-14-18(6)22(10)26(30)25(29)21(9)17(5)13-12-16(4)20(8)24(28)23(27)15(2)3;1-2/h12-13,18-19H,2,4-5,8-11,14H2,1,3,6-7H3;1-2H2/b13-12-,24-23-,26-25-;. The molecule has 0 aromatic carbocycles. The minimum Gasteiger partial charge on any atom is -0.378 e. The molecular formula is C28H36F4O. The predicted molar refractivity (Wildman–Crippen MR) is 134 cm³/mol. The molecule has 0 spiro atoms. The Balaban J connectivity index is 0. The van der Waals surface area contributed by atoms with Crippen molar-refractivity contribution >= 4 is 0 Å². The molecule has 0 aliphatic rings. The van der Waals surface area contributed by atoms with Gasteiger partial charge >= 0.3 is 0 Å². The van der Waals surface area contributed by atoms with Gasteiger partial charge in [0.15, 0.2) is 23.3 Å².